The molecule has 0 N–H and O–H groups in total. The molecule has 0 saturated carbocycles. The molecule has 1 aliphatic heterocycles. The van der Waals surface area contributed by atoms with Crippen LogP contribution in [0.15, 0.2) is 4.99 Å². The van der Waals surface area contributed by atoms with Crippen LogP contribution >= 0.6 is 0 Å². The highest BCUT2D eigenvalue weighted by atomic mass is 19.4. The van der Waals surface area contributed by atoms with Gasteiger partial charge < -0.3 is 4.74 Å². The summed E-state index contributed by atoms with van der Waals surface area (Å²) in [4.78, 5) is 22.6. The topological polar surface area (TPSA) is 59.0 Å². The van der Waals surface area contributed by atoms with Gasteiger partial charge in [0, 0.05) is 0 Å². The van der Waals surface area contributed by atoms with E-state index in [2.05, 4.69) is 9.73 Å². The number of halogens is 6. The summed E-state index contributed by atoms with van der Waals surface area (Å²) in [5.74, 6) is -1.72. The molecule has 0 amide bonds. The lowest BCUT2D eigenvalue weighted by atomic mass is 10.2. The van der Waals surface area contributed by atoms with E-state index in [4.69, 9.17) is 0 Å². The Kier molecular flexibility index (Phi) is 3.41. The first kappa shape index (κ1) is 14.5. The fourth-order valence-electron chi connectivity index (χ4n) is 1.43. The number of ether oxygens (including phenoxy) is 1. The van der Waals surface area contributed by atoms with E-state index < -0.39 is 42.2 Å². The zero-order chi connectivity index (χ0) is 14.2. The van der Waals surface area contributed by atoms with Gasteiger partial charge in [0.05, 0.1) is 0 Å². The second-order valence-corrected chi connectivity index (χ2v) is 3.20. The Hall–Kier alpha value is -1.61. The lowest BCUT2D eigenvalue weighted by molar-refractivity contribution is -0.399. The Morgan fingerprint density at radius 3 is 2.17 bits per heavy atom. The van der Waals surface area contributed by atoms with Crippen LogP contribution in [-0.2, 0) is 14.3 Å². The standard InChI is InChI=1S/C7H4F6N2O3/c8-6(9,10)5(7(11,12)13)15(2-14-3-16)1-4(17)18-5/h1-2H2. The van der Waals surface area contributed by atoms with Gasteiger partial charge in [-0.3, -0.25) is 4.79 Å². The van der Waals surface area contributed by atoms with Crippen LogP contribution < -0.4 is 0 Å². The third-order valence-corrected chi connectivity index (χ3v) is 2.10. The number of hydrogen-bond donors (Lipinski definition) is 0. The Balaban J connectivity index is 3.31. The number of aliphatic imine (C=N–C) groups is 1. The zero-order valence-electron chi connectivity index (χ0n) is 8.30. The molecular formula is C7H4F6N2O3. The van der Waals surface area contributed by atoms with Crippen molar-refractivity contribution in [3.63, 3.8) is 0 Å². The first-order chi connectivity index (χ1) is 8.06. The van der Waals surface area contributed by atoms with E-state index >= 15 is 0 Å². The Morgan fingerprint density at radius 1 is 1.28 bits per heavy atom. The van der Waals surface area contributed by atoms with Gasteiger partial charge in [-0.25, -0.2) is 9.69 Å². The molecule has 0 aromatic rings. The van der Waals surface area contributed by atoms with Gasteiger partial charge in [0.25, 0.3) is 0 Å². The van der Waals surface area contributed by atoms with Crippen LogP contribution in [0.1, 0.15) is 0 Å². The molecule has 1 fully saturated rings. The quantitative estimate of drug-likeness (QED) is 0.327. The Morgan fingerprint density at radius 2 is 1.78 bits per heavy atom. The van der Waals surface area contributed by atoms with E-state index in [9.17, 15) is 35.9 Å². The van der Waals surface area contributed by atoms with Crippen LogP contribution in [0.5, 0.6) is 0 Å². The van der Waals surface area contributed by atoms with E-state index in [1.165, 1.54) is 0 Å². The van der Waals surface area contributed by atoms with Crippen molar-refractivity contribution in [2.24, 2.45) is 4.99 Å². The first-order valence-electron chi connectivity index (χ1n) is 4.20. The summed E-state index contributed by atoms with van der Waals surface area (Å²) in [7, 11) is 0. The average Bonchev–Trinajstić information content (AvgIpc) is 2.51. The number of rotatable bonds is 2. The Bertz CT molecular complexity index is 383. The second kappa shape index (κ2) is 4.25. The van der Waals surface area contributed by atoms with Crippen LogP contribution in [0.2, 0.25) is 0 Å². The van der Waals surface area contributed by atoms with Gasteiger partial charge in [0.1, 0.15) is 13.2 Å². The minimum atomic E-state index is -5.92. The van der Waals surface area contributed by atoms with Crippen LogP contribution in [0.25, 0.3) is 0 Å². The van der Waals surface area contributed by atoms with Crippen molar-refractivity contribution in [3.8, 4) is 0 Å². The number of nitrogens with zero attached hydrogens (tertiary/aromatic N) is 2. The fourth-order valence-corrected chi connectivity index (χ4v) is 1.43. The number of carbonyl (C=O) groups excluding carboxylic acids is 2. The molecule has 0 atom stereocenters. The van der Waals surface area contributed by atoms with Crippen molar-refractivity contribution in [1.82, 2.24) is 4.90 Å². The van der Waals surface area contributed by atoms with Gasteiger partial charge in [-0.1, -0.05) is 0 Å². The van der Waals surface area contributed by atoms with Gasteiger partial charge in [-0.15, -0.1) is 0 Å². The lowest BCUT2D eigenvalue weighted by Gasteiger charge is -2.36. The summed E-state index contributed by atoms with van der Waals surface area (Å²) in [6.07, 6.45) is -11.1. The van der Waals surface area contributed by atoms with Crippen molar-refractivity contribution in [1.29, 1.82) is 0 Å². The van der Waals surface area contributed by atoms with Crippen molar-refractivity contribution < 1.29 is 40.7 Å². The summed E-state index contributed by atoms with van der Waals surface area (Å²) in [6, 6.07) is 0. The van der Waals surface area contributed by atoms with Gasteiger partial charge in [-0.05, 0) is 0 Å². The molecule has 0 spiro atoms. The molecule has 11 heteroatoms. The third-order valence-electron chi connectivity index (χ3n) is 2.10. The second-order valence-electron chi connectivity index (χ2n) is 3.20. The summed E-state index contributed by atoms with van der Waals surface area (Å²) >= 11 is 0. The molecule has 0 unspecified atom stereocenters. The lowest BCUT2D eigenvalue weighted by Crippen LogP contribution is -2.65. The van der Waals surface area contributed by atoms with Gasteiger partial charge in [0.15, 0.2) is 0 Å². The summed E-state index contributed by atoms with van der Waals surface area (Å²) in [5, 5.41) is 0. The van der Waals surface area contributed by atoms with E-state index in [0.29, 0.717) is 0 Å². The van der Waals surface area contributed by atoms with E-state index in [-0.39, 0.29) is 0 Å². The van der Waals surface area contributed by atoms with Crippen molar-refractivity contribution >= 4 is 12.0 Å². The van der Waals surface area contributed by atoms with Crippen molar-refractivity contribution in [3.05, 3.63) is 0 Å². The highest BCUT2D eigenvalue weighted by Gasteiger charge is 2.80. The van der Waals surface area contributed by atoms with Crippen molar-refractivity contribution in [2.75, 3.05) is 13.2 Å². The normalized spacial score (nSPS) is 20.4. The number of carbonyl (C=O) groups is 1. The predicted octanol–water partition coefficient (Wildman–Crippen LogP) is 0.959. The maximum atomic E-state index is 12.6. The van der Waals surface area contributed by atoms with Crippen LogP contribution in [0, 0.1) is 0 Å². The highest BCUT2D eigenvalue weighted by molar-refractivity contribution is 5.74. The number of isocyanates is 1. The molecule has 5 nitrogen and oxygen atoms in total. The van der Waals surface area contributed by atoms with Crippen LogP contribution in [0.3, 0.4) is 0 Å². The van der Waals surface area contributed by atoms with E-state index in [1.54, 1.807) is 0 Å². The average molecular weight is 278 g/mol. The molecule has 0 bridgehead atoms. The predicted molar refractivity (Wildman–Crippen MR) is 40.6 cm³/mol. The number of hydrogen-bond acceptors (Lipinski definition) is 5. The van der Waals surface area contributed by atoms with Gasteiger partial charge >= 0.3 is 24.0 Å². The molecule has 1 saturated heterocycles. The first-order valence-corrected chi connectivity index (χ1v) is 4.20. The van der Waals surface area contributed by atoms with Crippen LogP contribution in [0.4, 0.5) is 26.3 Å². The van der Waals surface area contributed by atoms with Crippen LogP contribution in [-0.4, -0.2) is 48.2 Å². The molecule has 1 heterocycles. The number of esters is 1. The molecule has 102 valence electrons. The molecule has 1 rings (SSSR count). The number of cyclic esters (lactones) is 1. The molecular weight excluding hydrogens is 274 g/mol. The van der Waals surface area contributed by atoms with E-state index in [0.717, 1.165) is 6.08 Å². The Labute approximate surface area is 95.0 Å². The SMILES string of the molecule is O=C=NCN1CC(=O)OC1(C(F)(F)F)C(F)(F)F. The van der Waals surface area contributed by atoms with Crippen molar-refractivity contribution in [2.45, 2.75) is 18.1 Å². The number of alkyl halides is 6. The summed E-state index contributed by atoms with van der Waals surface area (Å²) in [5.41, 5.74) is -4.78. The molecule has 18 heavy (non-hydrogen) atoms. The summed E-state index contributed by atoms with van der Waals surface area (Å²) in [6.45, 7) is -2.60. The van der Waals surface area contributed by atoms with Gasteiger partial charge in [0.2, 0.25) is 6.08 Å². The molecule has 0 aromatic heterocycles. The maximum Gasteiger partial charge on any atom is 0.453 e. The minimum Gasteiger partial charge on any atom is -0.424 e. The molecule has 0 aromatic carbocycles. The molecule has 0 radical (unpaired) electrons. The highest BCUT2D eigenvalue weighted by Crippen LogP contribution is 2.50. The monoisotopic (exact) mass is 278 g/mol. The maximum absolute atomic E-state index is 12.6. The third kappa shape index (κ3) is 2.06. The largest absolute Gasteiger partial charge is 0.453 e. The smallest absolute Gasteiger partial charge is 0.424 e. The zero-order valence-corrected chi connectivity index (χ0v) is 8.30. The molecule has 0 aliphatic carbocycles. The fraction of sp³-hybridized carbons (Fsp3) is 0.714. The van der Waals surface area contributed by atoms with Gasteiger partial charge in [-0.2, -0.15) is 31.3 Å². The summed E-state index contributed by atoms with van der Waals surface area (Å²) < 4.78 is 78.9. The molecule has 1 aliphatic rings. The van der Waals surface area contributed by atoms with E-state index in [1.807, 2.05) is 0 Å². The minimum absolute atomic E-state index is 0.430.